The molecule has 118 valence electrons. The fourth-order valence-electron chi connectivity index (χ4n) is 2.94. The van der Waals surface area contributed by atoms with Gasteiger partial charge in [-0.2, -0.15) is 0 Å². The van der Waals surface area contributed by atoms with E-state index in [1.807, 2.05) is 13.1 Å². The largest absolute Gasteiger partial charge is 0.494 e. The van der Waals surface area contributed by atoms with Crippen LogP contribution in [-0.4, -0.2) is 26.4 Å². The minimum absolute atomic E-state index is 0.400. The predicted molar refractivity (Wildman–Crippen MR) is 86.9 cm³/mol. The minimum Gasteiger partial charge on any atom is -0.494 e. The molecule has 1 saturated heterocycles. The van der Waals surface area contributed by atoms with Crippen LogP contribution in [0.5, 0.6) is 5.75 Å². The molecule has 1 aromatic carbocycles. The molecular weight excluding hydrogens is 262 g/mol. The maximum absolute atomic E-state index is 5.73. The highest BCUT2D eigenvalue weighted by molar-refractivity contribution is 5.30. The van der Waals surface area contributed by atoms with Crippen LogP contribution >= 0.6 is 0 Å². The summed E-state index contributed by atoms with van der Waals surface area (Å²) in [5.74, 6) is 0.980. The van der Waals surface area contributed by atoms with E-state index in [1.54, 1.807) is 0 Å². The van der Waals surface area contributed by atoms with Gasteiger partial charge < -0.3 is 14.8 Å². The molecule has 1 aromatic rings. The van der Waals surface area contributed by atoms with Crippen molar-refractivity contribution in [3.63, 3.8) is 0 Å². The lowest BCUT2D eigenvalue weighted by Crippen LogP contribution is -2.17. The quantitative estimate of drug-likeness (QED) is 0.743. The van der Waals surface area contributed by atoms with Crippen LogP contribution in [0.4, 0.5) is 0 Å². The maximum Gasteiger partial charge on any atom is 0.119 e. The molecule has 0 amide bonds. The number of hydrogen-bond donors (Lipinski definition) is 1. The van der Waals surface area contributed by atoms with Crippen molar-refractivity contribution in [2.75, 3.05) is 20.3 Å². The summed E-state index contributed by atoms with van der Waals surface area (Å²) in [4.78, 5) is 0. The van der Waals surface area contributed by atoms with Gasteiger partial charge in [0.05, 0.1) is 12.7 Å². The van der Waals surface area contributed by atoms with E-state index in [-0.39, 0.29) is 0 Å². The zero-order valence-corrected chi connectivity index (χ0v) is 13.4. The summed E-state index contributed by atoms with van der Waals surface area (Å²) in [5.41, 5.74) is 1.32. The van der Waals surface area contributed by atoms with Crippen molar-refractivity contribution in [3.05, 3.63) is 29.8 Å². The molecule has 0 bridgehead atoms. The lowest BCUT2D eigenvalue weighted by atomic mass is 9.99. The normalized spacial score (nSPS) is 19.6. The molecule has 0 spiro atoms. The third-order valence-electron chi connectivity index (χ3n) is 4.12. The molecular formula is C18H29NO2. The summed E-state index contributed by atoms with van der Waals surface area (Å²) < 4.78 is 11.4. The zero-order valence-electron chi connectivity index (χ0n) is 13.4. The van der Waals surface area contributed by atoms with E-state index in [9.17, 15) is 0 Å². The maximum atomic E-state index is 5.73. The molecule has 1 aliphatic rings. The zero-order chi connectivity index (χ0) is 14.9. The minimum atomic E-state index is 0.400. The molecule has 0 aliphatic carbocycles. The SMILES string of the molecule is CCCOc1cccc(C(CCCC2CCCO2)NC)c1. The molecule has 1 heterocycles. The second-order valence-electron chi connectivity index (χ2n) is 5.83. The summed E-state index contributed by atoms with van der Waals surface area (Å²) >= 11 is 0. The van der Waals surface area contributed by atoms with E-state index >= 15 is 0 Å². The monoisotopic (exact) mass is 291 g/mol. The van der Waals surface area contributed by atoms with Gasteiger partial charge in [0.2, 0.25) is 0 Å². The van der Waals surface area contributed by atoms with Gasteiger partial charge in [0.25, 0.3) is 0 Å². The lowest BCUT2D eigenvalue weighted by molar-refractivity contribution is 0.101. The van der Waals surface area contributed by atoms with Crippen LogP contribution in [0.2, 0.25) is 0 Å². The molecule has 21 heavy (non-hydrogen) atoms. The Morgan fingerprint density at radius 1 is 1.43 bits per heavy atom. The number of rotatable bonds is 9. The van der Waals surface area contributed by atoms with Crippen molar-refractivity contribution in [1.29, 1.82) is 0 Å². The first-order valence-corrected chi connectivity index (χ1v) is 8.35. The lowest BCUT2D eigenvalue weighted by Gasteiger charge is -2.18. The fourth-order valence-corrected chi connectivity index (χ4v) is 2.94. The van der Waals surface area contributed by atoms with Gasteiger partial charge in [-0.25, -0.2) is 0 Å². The molecule has 1 aliphatic heterocycles. The van der Waals surface area contributed by atoms with Crippen LogP contribution in [0.3, 0.4) is 0 Å². The summed E-state index contributed by atoms with van der Waals surface area (Å²) in [6, 6.07) is 8.88. The molecule has 2 unspecified atom stereocenters. The first-order valence-electron chi connectivity index (χ1n) is 8.35. The summed E-state index contributed by atoms with van der Waals surface area (Å²) in [6.07, 6.45) is 7.55. The van der Waals surface area contributed by atoms with Crippen molar-refractivity contribution in [3.8, 4) is 5.75 Å². The Kier molecular flexibility index (Phi) is 7.04. The third-order valence-corrected chi connectivity index (χ3v) is 4.12. The average molecular weight is 291 g/mol. The van der Waals surface area contributed by atoms with Crippen molar-refractivity contribution >= 4 is 0 Å². The van der Waals surface area contributed by atoms with Gasteiger partial charge in [-0.3, -0.25) is 0 Å². The molecule has 1 N–H and O–H groups in total. The molecule has 0 saturated carbocycles. The Morgan fingerprint density at radius 3 is 3.05 bits per heavy atom. The van der Waals surface area contributed by atoms with Crippen LogP contribution in [0.25, 0.3) is 0 Å². The van der Waals surface area contributed by atoms with E-state index < -0.39 is 0 Å². The van der Waals surface area contributed by atoms with E-state index in [1.165, 1.54) is 31.2 Å². The second-order valence-corrected chi connectivity index (χ2v) is 5.83. The number of hydrogen-bond acceptors (Lipinski definition) is 3. The van der Waals surface area contributed by atoms with Gasteiger partial charge in [0, 0.05) is 12.6 Å². The Morgan fingerprint density at radius 2 is 2.33 bits per heavy atom. The Bertz CT molecular complexity index is 402. The number of nitrogens with one attached hydrogen (secondary N) is 1. The summed E-state index contributed by atoms with van der Waals surface area (Å²) in [7, 11) is 2.04. The summed E-state index contributed by atoms with van der Waals surface area (Å²) in [5, 5.41) is 3.43. The first-order chi connectivity index (χ1) is 10.3. The molecule has 3 nitrogen and oxygen atoms in total. The molecule has 0 radical (unpaired) electrons. The van der Waals surface area contributed by atoms with Gasteiger partial charge in [0.15, 0.2) is 0 Å². The van der Waals surface area contributed by atoms with Crippen molar-refractivity contribution in [2.24, 2.45) is 0 Å². The fraction of sp³-hybridized carbons (Fsp3) is 0.667. The van der Waals surface area contributed by atoms with E-state index in [2.05, 4.69) is 30.4 Å². The Hall–Kier alpha value is -1.06. The van der Waals surface area contributed by atoms with Crippen LogP contribution in [-0.2, 0) is 4.74 Å². The molecule has 2 atom stereocenters. The van der Waals surface area contributed by atoms with Crippen molar-refractivity contribution in [2.45, 2.75) is 57.6 Å². The van der Waals surface area contributed by atoms with Crippen LogP contribution in [0.1, 0.15) is 57.1 Å². The van der Waals surface area contributed by atoms with E-state index in [0.717, 1.165) is 31.8 Å². The van der Waals surface area contributed by atoms with E-state index in [0.29, 0.717) is 12.1 Å². The third kappa shape index (κ3) is 5.33. The second kappa shape index (κ2) is 9.06. The summed E-state index contributed by atoms with van der Waals surface area (Å²) in [6.45, 7) is 3.87. The van der Waals surface area contributed by atoms with Gasteiger partial charge in [-0.05, 0) is 63.3 Å². The standard InChI is InChI=1S/C18H29NO2/c1-3-12-20-17-9-4-7-15(14-17)18(19-2)11-5-8-16-10-6-13-21-16/h4,7,9,14,16,18-19H,3,5-6,8,10-13H2,1-2H3. The number of ether oxygens (including phenoxy) is 2. The topological polar surface area (TPSA) is 30.5 Å². The van der Waals surface area contributed by atoms with Gasteiger partial charge >= 0.3 is 0 Å². The predicted octanol–water partition coefficient (Wildman–Crippen LogP) is 4.09. The first kappa shape index (κ1) is 16.3. The Labute approximate surface area is 129 Å². The van der Waals surface area contributed by atoms with Gasteiger partial charge in [0.1, 0.15) is 5.75 Å². The molecule has 3 heteroatoms. The highest BCUT2D eigenvalue weighted by Gasteiger charge is 2.16. The molecule has 0 aromatic heterocycles. The Balaban J connectivity index is 1.83. The van der Waals surface area contributed by atoms with Gasteiger partial charge in [-0.1, -0.05) is 19.1 Å². The van der Waals surface area contributed by atoms with Crippen LogP contribution < -0.4 is 10.1 Å². The van der Waals surface area contributed by atoms with Gasteiger partial charge in [-0.15, -0.1) is 0 Å². The average Bonchev–Trinajstić information content (AvgIpc) is 3.03. The van der Waals surface area contributed by atoms with Crippen molar-refractivity contribution in [1.82, 2.24) is 5.32 Å². The number of benzene rings is 1. The van der Waals surface area contributed by atoms with Crippen molar-refractivity contribution < 1.29 is 9.47 Å². The smallest absolute Gasteiger partial charge is 0.119 e. The van der Waals surface area contributed by atoms with Crippen LogP contribution in [0.15, 0.2) is 24.3 Å². The highest BCUT2D eigenvalue weighted by atomic mass is 16.5. The molecule has 1 fully saturated rings. The van der Waals surface area contributed by atoms with E-state index in [4.69, 9.17) is 9.47 Å². The molecule has 2 rings (SSSR count). The highest BCUT2D eigenvalue weighted by Crippen LogP contribution is 2.25. The van der Waals surface area contributed by atoms with Crippen LogP contribution in [0, 0.1) is 0 Å².